The molecule has 0 aliphatic rings. The Labute approximate surface area is 89.1 Å². The molecule has 0 aliphatic heterocycles. The normalized spacial score (nSPS) is 11.1. The van der Waals surface area contributed by atoms with Crippen molar-refractivity contribution in [2.75, 3.05) is 6.54 Å². The van der Waals surface area contributed by atoms with Gasteiger partial charge in [0, 0.05) is 10.9 Å². The van der Waals surface area contributed by atoms with Crippen molar-refractivity contribution < 1.29 is 0 Å². The van der Waals surface area contributed by atoms with Crippen molar-refractivity contribution >= 4 is 22.9 Å². The van der Waals surface area contributed by atoms with Crippen LogP contribution in [0.5, 0.6) is 0 Å². The largest absolute Gasteiger partial charge is 0.315 e. The maximum absolute atomic E-state index is 5.97. The van der Waals surface area contributed by atoms with Crippen LogP contribution in [0.15, 0.2) is 11.4 Å². The Bertz CT molecular complexity index is 245. The van der Waals surface area contributed by atoms with Crippen LogP contribution in [-0.4, -0.2) is 12.6 Å². The molecule has 0 saturated carbocycles. The average molecular weight is 218 g/mol. The first-order chi connectivity index (χ1) is 6.20. The lowest BCUT2D eigenvalue weighted by atomic mass is 10.2. The second-order valence-corrected chi connectivity index (χ2v) is 4.81. The van der Waals surface area contributed by atoms with Crippen molar-refractivity contribution in [3.05, 3.63) is 21.3 Å². The van der Waals surface area contributed by atoms with Crippen LogP contribution in [0.25, 0.3) is 0 Å². The molecule has 1 aromatic rings. The van der Waals surface area contributed by atoms with Crippen LogP contribution in [0.1, 0.15) is 25.1 Å². The highest BCUT2D eigenvalue weighted by molar-refractivity contribution is 7.10. The van der Waals surface area contributed by atoms with Gasteiger partial charge in [0.2, 0.25) is 0 Å². The Hall–Kier alpha value is -0.0500. The van der Waals surface area contributed by atoms with Crippen LogP contribution in [0, 0.1) is 0 Å². The summed E-state index contributed by atoms with van der Waals surface area (Å²) in [5, 5.41) is 6.36. The van der Waals surface area contributed by atoms with Crippen LogP contribution in [0.4, 0.5) is 0 Å². The summed E-state index contributed by atoms with van der Waals surface area (Å²) >= 11 is 7.72. The molecule has 0 aliphatic carbocycles. The highest BCUT2D eigenvalue weighted by Gasteiger charge is 2.00. The van der Waals surface area contributed by atoms with E-state index in [0.29, 0.717) is 6.04 Å². The van der Waals surface area contributed by atoms with Gasteiger partial charge in [0.1, 0.15) is 0 Å². The van der Waals surface area contributed by atoms with Gasteiger partial charge >= 0.3 is 0 Å². The standard InChI is InChI=1S/C10H16ClNS/c1-8(2)12-6-3-4-10-9(11)5-7-13-10/h5,7-8,12H,3-4,6H2,1-2H3. The lowest BCUT2D eigenvalue weighted by molar-refractivity contribution is 0.572. The fraction of sp³-hybridized carbons (Fsp3) is 0.600. The molecule has 3 heteroatoms. The molecule has 0 atom stereocenters. The van der Waals surface area contributed by atoms with Crippen molar-refractivity contribution in [2.45, 2.75) is 32.7 Å². The zero-order chi connectivity index (χ0) is 9.68. The fourth-order valence-electron chi connectivity index (χ4n) is 1.14. The Morgan fingerprint density at radius 2 is 2.31 bits per heavy atom. The summed E-state index contributed by atoms with van der Waals surface area (Å²) in [6, 6.07) is 2.55. The van der Waals surface area contributed by atoms with Gasteiger partial charge in [-0.15, -0.1) is 11.3 Å². The summed E-state index contributed by atoms with van der Waals surface area (Å²) in [5.74, 6) is 0. The topological polar surface area (TPSA) is 12.0 Å². The van der Waals surface area contributed by atoms with Crippen molar-refractivity contribution in [1.29, 1.82) is 0 Å². The van der Waals surface area contributed by atoms with E-state index in [1.54, 1.807) is 11.3 Å². The molecule has 0 saturated heterocycles. The van der Waals surface area contributed by atoms with Crippen LogP contribution in [0.3, 0.4) is 0 Å². The molecular weight excluding hydrogens is 202 g/mol. The molecule has 0 spiro atoms. The summed E-state index contributed by atoms with van der Waals surface area (Å²) < 4.78 is 0. The van der Waals surface area contributed by atoms with E-state index >= 15 is 0 Å². The minimum absolute atomic E-state index is 0.582. The molecule has 1 aromatic heterocycles. The zero-order valence-corrected chi connectivity index (χ0v) is 9.71. The first kappa shape index (κ1) is 11.0. The van der Waals surface area contributed by atoms with Crippen molar-refractivity contribution in [1.82, 2.24) is 5.32 Å². The molecule has 0 fully saturated rings. The Morgan fingerprint density at radius 1 is 1.54 bits per heavy atom. The second-order valence-electron chi connectivity index (χ2n) is 3.40. The second kappa shape index (κ2) is 5.63. The summed E-state index contributed by atoms with van der Waals surface area (Å²) in [6.07, 6.45) is 2.26. The first-order valence-electron chi connectivity index (χ1n) is 4.65. The average Bonchev–Trinajstić information content (AvgIpc) is 2.45. The smallest absolute Gasteiger partial charge is 0.0544 e. The minimum atomic E-state index is 0.582. The van der Waals surface area contributed by atoms with Crippen molar-refractivity contribution in [3.8, 4) is 0 Å². The molecule has 1 N–H and O–H groups in total. The molecule has 0 radical (unpaired) electrons. The quantitative estimate of drug-likeness (QED) is 0.747. The third kappa shape index (κ3) is 4.12. The predicted molar refractivity (Wildman–Crippen MR) is 60.8 cm³/mol. The summed E-state index contributed by atoms with van der Waals surface area (Å²) in [4.78, 5) is 1.31. The SMILES string of the molecule is CC(C)NCCCc1sccc1Cl. The molecular formula is C10H16ClNS. The number of hydrogen-bond acceptors (Lipinski definition) is 2. The highest BCUT2D eigenvalue weighted by atomic mass is 35.5. The maximum Gasteiger partial charge on any atom is 0.0544 e. The third-order valence-corrected chi connectivity index (χ3v) is 3.27. The number of nitrogens with one attached hydrogen (secondary N) is 1. The van der Waals surface area contributed by atoms with Gasteiger partial charge in [-0.3, -0.25) is 0 Å². The monoisotopic (exact) mass is 217 g/mol. The van der Waals surface area contributed by atoms with E-state index in [9.17, 15) is 0 Å². The van der Waals surface area contributed by atoms with E-state index in [2.05, 4.69) is 19.2 Å². The van der Waals surface area contributed by atoms with E-state index < -0.39 is 0 Å². The summed E-state index contributed by atoms with van der Waals surface area (Å²) in [5.41, 5.74) is 0. The number of thiophene rings is 1. The van der Waals surface area contributed by atoms with Gasteiger partial charge in [-0.1, -0.05) is 25.4 Å². The van der Waals surface area contributed by atoms with Gasteiger partial charge in [-0.2, -0.15) is 0 Å². The van der Waals surface area contributed by atoms with E-state index in [0.717, 1.165) is 18.0 Å². The van der Waals surface area contributed by atoms with Gasteiger partial charge in [0.05, 0.1) is 5.02 Å². The van der Waals surface area contributed by atoms with Gasteiger partial charge in [0.25, 0.3) is 0 Å². The van der Waals surface area contributed by atoms with Crippen LogP contribution < -0.4 is 5.32 Å². The summed E-state index contributed by atoms with van der Waals surface area (Å²) in [6.45, 7) is 5.40. The summed E-state index contributed by atoms with van der Waals surface area (Å²) in [7, 11) is 0. The van der Waals surface area contributed by atoms with Crippen LogP contribution in [-0.2, 0) is 6.42 Å². The third-order valence-electron chi connectivity index (χ3n) is 1.82. The first-order valence-corrected chi connectivity index (χ1v) is 5.91. The fourth-order valence-corrected chi connectivity index (χ4v) is 2.32. The molecule has 0 amide bonds. The lowest BCUT2D eigenvalue weighted by Crippen LogP contribution is -2.23. The molecule has 0 bridgehead atoms. The van der Waals surface area contributed by atoms with Gasteiger partial charge in [-0.25, -0.2) is 0 Å². The molecule has 0 aromatic carbocycles. The molecule has 74 valence electrons. The minimum Gasteiger partial charge on any atom is -0.315 e. The number of rotatable bonds is 5. The molecule has 1 rings (SSSR count). The van der Waals surface area contributed by atoms with Gasteiger partial charge in [0.15, 0.2) is 0 Å². The zero-order valence-electron chi connectivity index (χ0n) is 8.14. The number of halogens is 1. The highest BCUT2D eigenvalue weighted by Crippen LogP contribution is 2.22. The number of aryl methyl sites for hydroxylation is 1. The lowest BCUT2D eigenvalue weighted by Gasteiger charge is -2.06. The molecule has 1 heterocycles. The van der Waals surface area contributed by atoms with E-state index in [4.69, 9.17) is 11.6 Å². The molecule has 13 heavy (non-hydrogen) atoms. The Balaban J connectivity index is 2.17. The number of hydrogen-bond donors (Lipinski definition) is 1. The predicted octanol–water partition coefficient (Wildman–Crippen LogP) is 3.33. The Kier molecular flexibility index (Phi) is 4.78. The van der Waals surface area contributed by atoms with E-state index in [1.807, 2.05) is 11.4 Å². The van der Waals surface area contributed by atoms with Gasteiger partial charge < -0.3 is 5.32 Å². The van der Waals surface area contributed by atoms with Crippen LogP contribution in [0.2, 0.25) is 5.02 Å². The van der Waals surface area contributed by atoms with Crippen molar-refractivity contribution in [3.63, 3.8) is 0 Å². The Morgan fingerprint density at radius 3 is 2.85 bits per heavy atom. The van der Waals surface area contributed by atoms with Crippen molar-refractivity contribution in [2.24, 2.45) is 0 Å². The molecule has 1 nitrogen and oxygen atoms in total. The molecule has 0 unspecified atom stereocenters. The maximum atomic E-state index is 5.97. The van der Waals surface area contributed by atoms with E-state index in [-0.39, 0.29) is 0 Å². The van der Waals surface area contributed by atoms with Crippen LogP contribution >= 0.6 is 22.9 Å². The van der Waals surface area contributed by atoms with E-state index in [1.165, 1.54) is 11.3 Å². The van der Waals surface area contributed by atoms with Gasteiger partial charge in [-0.05, 0) is 30.8 Å².